The Bertz CT molecular complexity index is 725. The number of fused-ring (bicyclic) bond motifs is 1. The molecule has 0 saturated carbocycles. The number of hydrogen-bond donors (Lipinski definition) is 0. The molecule has 22 heavy (non-hydrogen) atoms. The van der Waals surface area contributed by atoms with Gasteiger partial charge in [-0.25, -0.2) is 4.99 Å². The Morgan fingerprint density at radius 3 is 2.64 bits per heavy atom. The van der Waals surface area contributed by atoms with Gasteiger partial charge in [0.2, 0.25) is 0 Å². The van der Waals surface area contributed by atoms with Gasteiger partial charge in [0.15, 0.2) is 0 Å². The predicted octanol–water partition coefficient (Wildman–Crippen LogP) is 5.66. The highest BCUT2D eigenvalue weighted by Crippen LogP contribution is 2.35. The number of rotatable bonds is 2. The Kier molecular flexibility index (Phi) is 4.42. The van der Waals surface area contributed by atoms with Crippen molar-refractivity contribution in [1.29, 1.82) is 0 Å². The molecule has 2 nitrogen and oxygen atoms in total. The second kappa shape index (κ2) is 6.31. The van der Waals surface area contributed by atoms with Gasteiger partial charge in [0.05, 0.1) is 21.8 Å². The second-order valence-electron chi connectivity index (χ2n) is 5.51. The lowest BCUT2D eigenvalue weighted by atomic mass is 9.97. The Morgan fingerprint density at radius 2 is 1.91 bits per heavy atom. The van der Waals surface area contributed by atoms with Gasteiger partial charge in [-0.3, -0.25) is 0 Å². The monoisotopic (exact) mass is 332 g/mol. The molecule has 1 aliphatic heterocycles. The molecule has 114 valence electrons. The van der Waals surface area contributed by atoms with Gasteiger partial charge in [0.25, 0.3) is 0 Å². The summed E-state index contributed by atoms with van der Waals surface area (Å²) in [6.07, 6.45) is 1.79. The normalized spacial score (nSPS) is 17.7. The molecule has 0 amide bonds. The van der Waals surface area contributed by atoms with Gasteiger partial charge < -0.3 is 4.90 Å². The molecule has 0 saturated heterocycles. The van der Waals surface area contributed by atoms with Crippen molar-refractivity contribution in [3.8, 4) is 0 Å². The number of halogens is 2. The maximum Gasteiger partial charge on any atom is 0.105 e. The van der Waals surface area contributed by atoms with E-state index in [2.05, 4.69) is 43.1 Å². The van der Waals surface area contributed by atoms with E-state index >= 15 is 0 Å². The molecular weight excluding hydrogens is 315 g/mol. The minimum absolute atomic E-state index is 0.206. The van der Waals surface area contributed by atoms with Crippen molar-refractivity contribution in [2.24, 2.45) is 4.99 Å². The van der Waals surface area contributed by atoms with E-state index in [0.29, 0.717) is 10.0 Å². The molecule has 2 aromatic rings. The van der Waals surface area contributed by atoms with Crippen LogP contribution in [0.1, 0.15) is 30.5 Å². The summed E-state index contributed by atoms with van der Waals surface area (Å²) in [5.41, 5.74) is 3.48. The zero-order chi connectivity index (χ0) is 15.7. The summed E-state index contributed by atoms with van der Waals surface area (Å²) in [5.74, 6) is 1.08. The average molecular weight is 333 g/mol. The highest BCUT2D eigenvalue weighted by atomic mass is 35.5. The van der Waals surface area contributed by atoms with Crippen LogP contribution in [-0.4, -0.2) is 17.8 Å². The van der Waals surface area contributed by atoms with Crippen LogP contribution in [0.15, 0.2) is 47.5 Å². The van der Waals surface area contributed by atoms with Gasteiger partial charge in [-0.05, 0) is 35.7 Å². The predicted molar refractivity (Wildman–Crippen MR) is 94.5 cm³/mol. The van der Waals surface area contributed by atoms with Crippen LogP contribution in [0.5, 0.6) is 0 Å². The molecule has 1 atom stereocenters. The summed E-state index contributed by atoms with van der Waals surface area (Å²) in [5, 5.41) is 1.19. The van der Waals surface area contributed by atoms with Crippen molar-refractivity contribution in [3.63, 3.8) is 0 Å². The van der Waals surface area contributed by atoms with E-state index in [0.717, 1.165) is 29.9 Å². The molecule has 0 spiro atoms. The van der Waals surface area contributed by atoms with Crippen LogP contribution in [0, 0.1) is 0 Å². The minimum atomic E-state index is 0.206. The van der Waals surface area contributed by atoms with E-state index in [1.54, 1.807) is 0 Å². The van der Waals surface area contributed by atoms with Gasteiger partial charge in [-0.1, -0.05) is 54.4 Å². The maximum absolute atomic E-state index is 6.21. The number of aliphatic imine (C=N–C) groups is 1. The fraction of sp³-hybridized carbons (Fsp3) is 0.278. The third kappa shape index (κ3) is 2.86. The van der Waals surface area contributed by atoms with Crippen molar-refractivity contribution in [1.82, 2.24) is 4.90 Å². The molecule has 1 unspecified atom stereocenters. The third-order valence-electron chi connectivity index (χ3n) is 4.17. The van der Waals surface area contributed by atoms with E-state index in [9.17, 15) is 0 Å². The molecule has 0 aromatic heterocycles. The molecule has 0 bridgehead atoms. The summed E-state index contributed by atoms with van der Waals surface area (Å²) in [4.78, 5) is 7.09. The largest absolute Gasteiger partial charge is 0.356 e. The number of likely N-dealkylation sites (N-methyl/N-ethyl adjacent to an activating group) is 1. The first-order valence-corrected chi connectivity index (χ1v) is 8.19. The van der Waals surface area contributed by atoms with Gasteiger partial charge in [0.1, 0.15) is 5.84 Å². The SMILES string of the molecule is CCC1=Nc2ccccc2CC(c2ccc(Cl)c(Cl)c2)N1C. The standard InChI is InChI=1S/C18H18Cl2N2/c1-3-18-21-16-7-5-4-6-12(16)11-17(22(18)2)13-8-9-14(19)15(20)10-13/h4-10,17H,3,11H2,1-2H3. The Balaban J connectivity index is 2.08. The fourth-order valence-electron chi connectivity index (χ4n) is 2.93. The van der Waals surface area contributed by atoms with Crippen molar-refractivity contribution in [2.45, 2.75) is 25.8 Å². The smallest absolute Gasteiger partial charge is 0.105 e. The van der Waals surface area contributed by atoms with E-state index in [-0.39, 0.29) is 6.04 Å². The number of para-hydroxylation sites is 1. The van der Waals surface area contributed by atoms with Crippen LogP contribution >= 0.6 is 23.2 Å². The molecule has 1 aliphatic rings. The van der Waals surface area contributed by atoms with E-state index in [1.165, 1.54) is 5.56 Å². The first-order chi connectivity index (χ1) is 10.6. The van der Waals surface area contributed by atoms with Crippen LogP contribution in [-0.2, 0) is 6.42 Å². The topological polar surface area (TPSA) is 15.6 Å². The van der Waals surface area contributed by atoms with Gasteiger partial charge in [-0.15, -0.1) is 0 Å². The minimum Gasteiger partial charge on any atom is -0.356 e. The molecule has 0 radical (unpaired) electrons. The Labute approximate surface area is 141 Å². The highest BCUT2D eigenvalue weighted by molar-refractivity contribution is 6.42. The third-order valence-corrected chi connectivity index (χ3v) is 4.91. The lowest BCUT2D eigenvalue weighted by Gasteiger charge is -2.29. The quantitative estimate of drug-likeness (QED) is 0.692. The summed E-state index contributed by atoms with van der Waals surface area (Å²) >= 11 is 12.3. The van der Waals surface area contributed by atoms with Gasteiger partial charge in [-0.2, -0.15) is 0 Å². The van der Waals surface area contributed by atoms with Crippen molar-refractivity contribution >= 4 is 34.7 Å². The van der Waals surface area contributed by atoms with E-state index in [1.807, 2.05) is 18.2 Å². The van der Waals surface area contributed by atoms with Gasteiger partial charge >= 0.3 is 0 Å². The molecule has 0 aliphatic carbocycles. The van der Waals surface area contributed by atoms with Crippen LogP contribution in [0.2, 0.25) is 10.0 Å². The van der Waals surface area contributed by atoms with Crippen molar-refractivity contribution in [3.05, 3.63) is 63.6 Å². The summed E-state index contributed by atoms with van der Waals surface area (Å²) < 4.78 is 0. The lowest BCUT2D eigenvalue weighted by molar-refractivity contribution is 0.370. The molecular formula is C18H18Cl2N2. The Hall–Kier alpha value is -1.51. The van der Waals surface area contributed by atoms with Crippen LogP contribution in [0.3, 0.4) is 0 Å². The summed E-state index contributed by atoms with van der Waals surface area (Å²) in [7, 11) is 2.10. The zero-order valence-corrected chi connectivity index (χ0v) is 14.2. The maximum atomic E-state index is 6.21. The first kappa shape index (κ1) is 15.4. The number of amidine groups is 1. The molecule has 1 heterocycles. The number of hydrogen-bond acceptors (Lipinski definition) is 2. The van der Waals surface area contributed by atoms with Crippen LogP contribution in [0.25, 0.3) is 0 Å². The zero-order valence-electron chi connectivity index (χ0n) is 12.7. The first-order valence-electron chi connectivity index (χ1n) is 7.43. The lowest BCUT2D eigenvalue weighted by Crippen LogP contribution is -2.31. The Morgan fingerprint density at radius 1 is 1.14 bits per heavy atom. The van der Waals surface area contributed by atoms with E-state index < -0.39 is 0 Å². The van der Waals surface area contributed by atoms with Gasteiger partial charge in [0, 0.05) is 13.5 Å². The average Bonchev–Trinajstić information content (AvgIpc) is 2.67. The summed E-state index contributed by atoms with van der Waals surface area (Å²) in [6, 6.07) is 14.4. The molecule has 4 heteroatoms. The van der Waals surface area contributed by atoms with E-state index in [4.69, 9.17) is 28.2 Å². The second-order valence-corrected chi connectivity index (χ2v) is 6.33. The summed E-state index contributed by atoms with van der Waals surface area (Å²) in [6.45, 7) is 2.13. The molecule has 0 fully saturated rings. The van der Waals surface area contributed by atoms with Crippen LogP contribution in [0.4, 0.5) is 5.69 Å². The number of nitrogens with zero attached hydrogens (tertiary/aromatic N) is 2. The fourth-order valence-corrected chi connectivity index (χ4v) is 3.23. The van der Waals surface area contributed by atoms with Crippen molar-refractivity contribution in [2.75, 3.05) is 7.05 Å². The highest BCUT2D eigenvalue weighted by Gasteiger charge is 2.24. The number of benzene rings is 2. The molecule has 3 rings (SSSR count). The van der Waals surface area contributed by atoms with Crippen molar-refractivity contribution < 1.29 is 0 Å². The molecule has 2 aromatic carbocycles. The van der Waals surface area contributed by atoms with Crippen LogP contribution < -0.4 is 0 Å². The molecule has 0 N–H and O–H groups in total.